The van der Waals surface area contributed by atoms with Gasteiger partial charge in [-0.1, -0.05) is 0 Å². The second-order valence-electron chi connectivity index (χ2n) is 4.60. The van der Waals surface area contributed by atoms with Gasteiger partial charge in [0.2, 0.25) is 11.8 Å². The van der Waals surface area contributed by atoms with Crippen LogP contribution in [0, 0.1) is 0 Å². The van der Waals surface area contributed by atoms with E-state index in [0.717, 1.165) is 25.9 Å². The molecule has 1 aromatic rings. The quantitative estimate of drug-likeness (QED) is 0.879. The van der Waals surface area contributed by atoms with Gasteiger partial charge in [0, 0.05) is 19.2 Å². The van der Waals surface area contributed by atoms with Crippen LogP contribution in [0.15, 0.2) is 12.1 Å². The molecular weight excluding hydrogens is 230 g/mol. The number of aromatic nitrogens is 1. The summed E-state index contributed by atoms with van der Waals surface area (Å²) in [6.45, 7) is 4.59. The summed E-state index contributed by atoms with van der Waals surface area (Å²) in [5.41, 5.74) is 6.33. The lowest BCUT2D eigenvalue weighted by molar-refractivity contribution is 0.109. The highest BCUT2D eigenvalue weighted by atomic mass is 16.5. The first-order valence-corrected chi connectivity index (χ1v) is 6.43. The van der Waals surface area contributed by atoms with E-state index in [-0.39, 0.29) is 6.10 Å². The highest BCUT2D eigenvalue weighted by Gasteiger charge is 2.18. The molecule has 2 N–H and O–H groups in total. The molecule has 1 aromatic heterocycles. The van der Waals surface area contributed by atoms with Gasteiger partial charge in [-0.25, -0.2) is 0 Å². The summed E-state index contributed by atoms with van der Waals surface area (Å²) in [5.74, 6) is 1.06. The number of anilines is 1. The average molecular weight is 251 g/mol. The summed E-state index contributed by atoms with van der Waals surface area (Å²) in [6, 6.07) is 3.58. The van der Waals surface area contributed by atoms with E-state index < -0.39 is 0 Å². The van der Waals surface area contributed by atoms with Crippen LogP contribution in [-0.2, 0) is 0 Å². The van der Waals surface area contributed by atoms with E-state index in [1.54, 1.807) is 12.1 Å². The zero-order chi connectivity index (χ0) is 13.0. The van der Waals surface area contributed by atoms with E-state index in [0.29, 0.717) is 24.1 Å². The summed E-state index contributed by atoms with van der Waals surface area (Å²) in [6.07, 6.45) is 2.31. The molecule has 2 rings (SSSR count). The fourth-order valence-electron chi connectivity index (χ4n) is 2.03. The SMILES string of the molecule is CCOc1nc(OC2CCN(C)CC2)ccc1N. The molecule has 1 aliphatic heterocycles. The highest BCUT2D eigenvalue weighted by Crippen LogP contribution is 2.24. The Bertz CT molecular complexity index is 390. The predicted octanol–water partition coefficient (Wildman–Crippen LogP) is 1.54. The number of hydrogen-bond donors (Lipinski definition) is 1. The fourth-order valence-corrected chi connectivity index (χ4v) is 2.03. The molecule has 5 heteroatoms. The molecule has 0 aromatic carbocycles. The molecule has 0 aliphatic carbocycles. The van der Waals surface area contributed by atoms with Crippen molar-refractivity contribution in [3.63, 3.8) is 0 Å². The van der Waals surface area contributed by atoms with Crippen LogP contribution in [0.25, 0.3) is 0 Å². The Morgan fingerprint density at radius 3 is 2.78 bits per heavy atom. The lowest BCUT2D eigenvalue weighted by Gasteiger charge is -2.29. The summed E-state index contributed by atoms with van der Waals surface area (Å²) >= 11 is 0. The number of nitrogens with two attached hydrogens (primary N) is 1. The molecule has 18 heavy (non-hydrogen) atoms. The monoisotopic (exact) mass is 251 g/mol. The van der Waals surface area contributed by atoms with E-state index in [1.165, 1.54) is 0 Å². The molecule has 0 atom stereocenters. The van der Waals surface area contributed by atoms with Crippen LogP contribution in [0.4, 0.5) is 5.69 Å². The highest BCUT2D eigenvalue weighted by molar-refractivity contribution is 5.49. The van der Waals surface area contributed by atoms with Gasteiger partial charge in [0.1, 0.15) is 6.10 Å². The van der Waals surface area contributed by atoms with Crippen molar-refractivity contribution < 1.29 is 9.47 Å². The first-order valence-electron chi connectivity index (χ1n) is 6.43. The zero-order valence-electron chi connectivity index (χ0n) is 11.1. The lowest BCUT2D eigenvalue weighted by Crippen LogP contribution is -2.35. The van der Waals surface area contributed by atoms with E-state index in [1.807, 2.05) is 6.92 Å². The maximum Gasteiger partial charge on any atom is 0.240 e. The average Bonchev–Trinajstić information content (AvgIpc) is 2.37. The van der Waals surface area contributed by atoms with Crippen molar-refractivity contribution in [2.75, 3.05) is 32.5 Å². The van der Waals surface area contributed by atoms with Gasteiger partial charge in [0.05, 0.1) is 12.3 Å². The Morgan fingerprint density at radius 2 is 2.11 bits per heavy atom. The van der Waals surface area contributed by atoms with Crippen molar-refractivity contribution in [1.82, 2.24) is 9.88 Å². The van der Waals surface area contributed by atoms with Crippen molar-refractivity contribution in [2.45, 2.75) is 25.9 Å². The van der Waals surface area contributed by atoms with Gasteiger partial charge < -0.3 is 20.1 Å². The Labute approximate surface area is 108 Å². The van der Waals surface area contributed by atoms with Crippen molar-refractivity contribution >= 4 is 5.69 Å². The third kappa shape index (κ3) is 3.26. The number of rotatable bonds is 4. The van der Waals surface area contributed by atoms with E-state index in [2.05, 4.69) is 16.9 Å². The standard InChI is InChI=1S/C13H21N3O2/c1-3-17-13-11(14)4-5-12(15-13)18-10-6-8-16(2)9-7-10/h4-5,10H,3,6-9,14H2,1-2H3. The molecule has 1 fully saturated rings. The van der Waals surface area contributed by atoms with Crippen LogP contribution in [0.1, 0.15) is 19.8 Å². The Kier molecular flexibility index (Phi) is 4.25. The number of ether oxygens (including phenoxy) is 2. The first kappa shape index (κ1) is 13.0. The smallest absolute Gasteiger partial charge is 0.240 e. The molecule has 0 unspecified atom stereocenters. The number of hydrogen-bond acceptors (Lipinski definition) is 5. The molecule has 1 aliphatic rings. The van der Waals surface area contributed by atoms with Gasteiger partial charge in [-0.05, 0) is 32.9 Å². The molecule has 5 nitrogen and oxygen atoms in total. The third-order valence-electron chi connectivity index (χ3n) is 3.10. The van der Waals surface area contributed by atoms with Crippen LogP contribution < -0.4 is 15.2 Å². The maximum absolute atomic E-state index is 5.87. The Morgan fingerprint density at radius 1 is 1.39 bits per heavy atom. The molecule has 100 valence electrons. The van der Waals surface area contributed by atoms with E-state index >= 15 is 0 Å². The number of likely N-dealkylation sites (tertiary alicyclic amines) is 1. The first-order chi connectivity index (χ1) is 8.69. The zero-order valence-corrected chi connectivity index (χ0v) is 11.1. The van der Waals surface area contributed by atoms with Gasteiger partial charge >= 0.3 is 0 Å². The molecule has 0 radical (unpaired) electrons. The molecule has 1 saturated heterocycles. The molecule has 0 saturated carbocycles. The third-order valence-corrected chi connectivity index (χ3v) is 3.10. The summed E-state index contributed by atoms with van der Waals surface area (Å²) in [7, 11) is 2.13. The van der Waals surface area contributed by atoms with Crippen LogP contribution >= 0.6 is 0 Å². The van der Waals surface area contributed by atoms with Gasteiger partial charge in [0.15, 0.2) is 0 Å². The minimum absolute atomic E-state index is 0.242. The van der Waals surface area contributed by atoms with Gasteiger partial charge in [0.25, 0.3) is 0 Å². The number of nitrogen functional groups attached to an aromatic ring is 1. The second kappa shape index (κ2) is 5.91. The van der Waals surface area contributed by atoms with Crippen molar-refractivity contribution in [3.05, 3.63) is 12.1 Å². The predicted molar refractivity (Wildman–Crippen MR) is 71.0 cm³/mol. The second-order valence-corrected chi connectivity index (χ2v) is 4.60. The van der Waals surface area contributed by atoms with Crippen LogP contribution in [-0.4, -0.2) is 42.7 Å². The van der Waals surface area contributed by atoms with Gasteiger partial charge in [-0.2, -0.15) is 4.98 Å². The van der Waals surface area contributed by atoms with Crippen LogP contribution in [0.5, 0.6) is 11.8 Å². The van der Waals surface area contributed by atoms with Crippen molar-refractivity contribution in [1.29, 1.82) is 0 Å². The van der Waals surface area contributed by atoms with Crippen molar-refractivity contribution in [2.24, 2.45) is 0 Å². The summed E-state index contributed by atoms with van der Waals surface area (Å²) in [5, 5.41) is 0. The topological polar surface area (TPSA) is 60.6 Å². The summed E-state index contributed by atoms with van der Waals surface area (Å²) in [4.78, 5) is 6.60. The minimum atomic E-state index is 0.242. The van der Waals surface area contributed by atoms with Crippen molar-refractivity contribution in [3.8, 4) is 11.8 Å². The Hall–Kier alpha value is -1.49. The molecule has 0 bridgehead atoms. The van der Waals surface area contributed by atoms with Gasteiger partial charge in [-0.15, -0.1) is 0 Å². The number of piperidine rings is 1. The summed E-state index contributed by atoms with van der Waals surface area (Å²) < 4.78 is 11.2. The molecule has 2 heterocycles. The molecular formula is C13H21N3O2. The number of pyridine rings is 1. The largest absolute Gasteiger partial charge is 0.476 e. The Balaban J connectivity index is 1.98. The lowest BCUT2D eigenvalue weighted by atomic mass is 10.1. The van der Waals surface area contributed by atoms with Crippen LogP contribution in [0.3, 0.4) is 0 Å². The molecule has 0 spiro atoms. The van der Waals surface area contributed by atoms with E-state index in [4.69, 9.17) is 15.2 Å². The number of nitrogens with zero attached hydrogens (tertiary/aromatic N) is 2. The minimum Gasteiger partial charge on any atom is -0.476 e. The van der Waals surface area contributed by atoms with Gasteiger partial charge in [-0.3, -0.25) is 0 Å². The molecule has 0 amide bonds. The normalized spacial score (nSPS) is 17.7. The van der Waals surface area contributed by atoms with E-state index in [9.17, 15) is 0 Å². The fraction of sp³-hybridized carbons (Fsp3) is 0.615. The maximum atomic E-state index is 5.87. The van der Waals surface area contributed by atoms with Crippen LogP contribution in [0.2, 0.25) is 0 Å².